The first-order chi connectivity index (χ1) is 16.3. The highest BCUT2D eigenvalue weighted by Gasteiger charge is 2.48. The number of halogens is 5. The zero-order valence-corrected chi connectivity index (χ0v) is 20.3. The fraction of sp³-hybridized carbons (Fsp3) is 0.444. The Morgan fingerprint density at radius 1 is 1.23 bits per heavy atom. The lowest BCUT2D eigenvalue weighted by Gasteiger charge is -2.53. The van der Waals surface area contributed by atoms with Gasteiger partial charge < -0.3 is 0 Å². The van der Waals surface area contributed by atoms with Crippen molar-refractivity contribution < 1.29 is 22.0 Å². The van der Waals surface area contributed by atoms with Crippen molar-refractivity contribution in [2.24, 2.45) is 5.41 Å². The number of fused-ring (bicyclic) bond motifs is 1. The third-order valence-corrected chi connectivity index (χ3v) is 7.02. The third kappa shape index (κ3) is 4.85. The van der Waals surface area contributed by atoms with E-state index in [1.807, 2.05) is 24.8 Å². The first kappa shape index (κ1) is 25.4. The molecule has 0 saturated carbocycles. The smallest absolute Gasteiger partial charge is 0.286 e. The van der Waals surface area contributed by atoms with Gasteiger partial charge in [0.15, 0.2) is 0 Å². The van der Waals surface area contributed by atoms with Gasteiger partial charge in [0.2, 0.25) is 0 Å². The molecule has 8 heteroatoms. The van der Waals surface area contributed by atoms with Gasteiger partial charge >= 0.3 is 6.55 Å². The normalized spacial score (nSPS) is 25.3. The summed E-state index contributed by atoms with van der Waals surface area (Å²) < 4.78 is 72.3. The lowest BCUT2D eigenvalue weighted by atomic mass is 9.63. The van der Waals surface area contributed by atoms with Crippen LogP contribution in [0.2, 0.25) is 0 Å². The van der Waals surface area contributed by atoms with Crippen LogP contribution in [-0.4, -0.2) is 32.9 Å². The van der Waals surface area contributed by atoms with Crippen molar-refractivity contribution in [3.63, 3.8) is 0 Å². The predicted molar refractivity (Wildman–Crippen MR) is 127 cm³/mol. The Labute approximate surface area is 202 Å². The largest absolute Gasteiger partial charge is 0.333 e. The number of rotatable bonds is 6. The van der Waals surface area contributed by atoms with E-state index < -0.39 is 35.3 Å². The summed E-state index contributed by atoms with van der Waals surface area (Å²) >= 11 is 0. The monoisotopic (exact) mass is 491 g/mol. The molecule has 1 unspecified atom stereocenters. The molecular weight excluding hydrogens is 461 g/mol. The van der Waals surface area contributed by atoms with Crippen LogP contribution in [-0.2, 0) is 0 Å². The van der Waals surface area contributed by atoms with Crippen LogP contribution in [0.25, 0.3) is 11.6 Å². The molecule has 1 aliphatic heterocycles. The summed E-state index contributed by atoms with van der Waals surface area (Å²) in [6, 6.07) is 1.46. The molecule has 35 heavy (non-hydrogen) atoms. The van der Waals surface area contributed by atoms with Crippen LogP contribution in [0.4, 0.5) is 22.0 Å². The van der Waals surface area contributed by atoms with Gasteiger partial charge in [0.05, 0.1) is 12.2 Å². The number of piperidine rings is 1. The van der Waals surface area contributed by atoms with E-state index in [1.54, 1.807) is 6.08 Å². The Morgan fingerprint density at radius 2 is 1.89 bits per heavy atom. The molecule has 1 fully saturated rings. The van der Waals surface area contributed by atoms with E-state index in [2.05, 4.69) is 11.7 Å². The van der Waals surface area contributed by atoms with Gasteiger partial charge in [-0.25, -0.2) is 17.9 Å². The number of aromatic nitrogens is 2. The Morgan fingerprint density at radius 3 is 2.43 bits per heavy atom. The predicted octanol–water partition coefficient (Wildman–Crippen LogP) is 7.50. The van der Waals surface area contributed by atoms with E-state index in [0.717, 1.165) is 11.1 Å². The van der Waals surface area contributed by atoms with Crippen molar-refractivity contribution in [1.82, 2.24) is 14.7 Å². The van der Waals surface area contributed by atoms with Gasteiger partial charge in [-0.05, 0) is 67.9 Å². The van der Waals surface area contributed by atoms with E-state index in [4.69, 9.17) is 0 Å². The van der Waals surface area contributed by atoms with Crippen molar-refractivity contribution in [2.45, 2.75) is 64.8 Å². The minimum atomic E-state index is -2.74. The average Bonchev–Trinajstić information content (AvgIpc) is 3.24. The minimum Gasteiger partial charge on any atom is -0.286 e. The molecule has 2 heterocycles. The van der Waals surface area contributed by atoms with E-state index in [0.29, 0.717) is 28.7 Å². The van der Waals surface area contributed by atoms with Crippen LogP contribution in [0.1, 0.15) is 69.8 Å². The van der Waals surface area contributed by atoms with Gasteiger partial charge in [-0.2, -0.15) is 13.9 Å². The summed E-state index contributed by atoms with van der Waals surface area (Å²) in [5.74, 6) is -1.42. The first-order valence-electron chi connectivity index (χ1n) is 11.6. The second-order valence-electron chi connectivity index (χ2n) is 10.5. The summed E-state index contributed by atoms with van der Waals surface area (Å²) in [6.07, 6.45) is 8.77. The minimum absolute atomic E-state index is 0.00786. The molecule has 0 spiro atoms. The summed E-state index contributed by atoms with van der Waals surface area (Å²) in [4.78, 5) is 1.83. The number of likely N-dealkylation sites (tertiary alicyclic amines) is 1. The molecule has 0 bridgehead atoms. The molecule has 2 aromatic rings. The summed E-state index contributed by atoms with van der Waals surface area (Å²) in [6.45, 7) is 7.69. The molecule has 188 valence electrons. The summed E-state index contributed by atoms with van der Waals surface area (Å²) in [7, 11) is 0. The number of hydrogen-bond donors (Lipinski definition) is 0. The lowest BCUT2D eigenvalue weighted by molar-refractivity contribution is 0.0215. The van der Waals surface area contributed by atoms with Crippen molar-refractivity contribution in [1.29, 1.82) is 0 Å². The fourth-order valence-corrected chi connectivity index (χ4v) is 5.58. The van der Waals surface area contributed by atoms with E-state index in [9.17, 15) is 13.2 Å². The zero-order valence-electron chi connectivity index (χ0n) is 20.3. The summed E-state index contributed by atoms with van der Waals surface area (Å²) in [5.41, 5.74) is 0.258. The fourth-order valence-electron chi connectivity index (χ4n) is 5.58. The SMILES string of the molecule is C=Cc1cc(F)c([C@H]2C3=CC=C(c4cnn(C(F)F)c4)CC3(C)C[C@H](C)N2CC(C)(C)F)c(F)c1. The van der Waals surface area contributed by atoms with Crippen LogP contribution < -0.4 is 0 Å². The zero-order chi connectivity index (χ0) is 25.7. The standard InChI is InChI=1S/C27H30F5N3/c1-6-17-9-21(28)23(22(29)10-17)24-20-8-7-18(19-13-33-35(14-19)25(30)31)12-27(20,5)11-16(2)34(24)15-26(3,4)32/h6-10,13-14,16,24-25H,1,11-12,15H2,2-5H3/t16-,24+,27?/m0/s1. The molecule has 1 saturated heterocycles. The molecule has 3 atom stereocenters. The second-order valence-corrected chi connectivity index (χ2v) is 10.5. The van der Waals surface area contributed by atoms with E-state index in [1.165, 1.54) is 44.4 Å². The number of allylic oxidation sites excluding steroid dienone is 3. The molecule has 4 rings (SSSR count). The highest BCUT2D eigenvalue weighted by Crippen LogP contribution is 2.55. The Balaban J connectivity index is 1.87. The van der Waals surface area contributed by atoms with Crippen LogP contribution in [0.3, 0.4) is 0 Å². The third-order valence-electron chi connectivity index (χ3n) is 7.02. The van der Waals surface area contributed by atoms with Gasteiger partial charge in [-0.3, -0.25) is 4.90 Å². The maximum Gasteiger partial charge on any atom is 0.333 e. The first-order valence-corrected chi connectivity index (χ1v) is 11.6. The van der Waals surface area contributed by atoms with Gasteiger partial charge in [-0.15, -0.1) is 0 Å². The van der Waals surface area contributed by atoms with E-state index >= 15 is 8.78 Å². The molecule has 0 N–H and O–H groups in total. The number of benzene rings is 1. The molecule has 1 aliphatic carbocycles. The number of hydrogen-bond acceptors (Lipinski definition) is 2. The van der Waals surface area contributed by atoms with Crippen LogP contribution in [0.15, 0.2) is 48.8 Å². The highest BCUT2D eigenvalue weighted by atomic mass is 19.3. The Kier molecular flexibility index (Phi) is 6.55. The molecule has 0 radical (unpaired) electrons. The number of alkyl halides is 3. The van der Waals surface area contributed by atoms with Crippen molar-refractivity contribution >= 4 is 11.6 Å². The van der Waals surface area contributed by atoms with Gasteiger partial charge in [-0.1, -0.05) is 31.7 Å². The second kappa shape index (κ2) is 9.04. The average molecular weight is 492 g/mol. The quantitative estimate of drug-likeness (QED) is 0.390. The highest BCUT2D eigenvalue weighted by molar-refractivity contribution is 5.70. The topological polar surface area (TPSA) is 21.1 Å². The Bertz CT molecular complexity index is 1170. The van der Waals surface area contributed by atoms with Crippen molar-refractivity contribution in [2.75, 3.05) is 6.54 Å². The van der Waals surface area contributed by atoms with Crippen molar-refractivity contribution in [3.05, 3.63) is 77.2 Å². The molecule has 0 amide bonds. The van der Waals surface area contributed by atoms with Gasteiger partial charge in [0, 0.05) is 29.9 Å². The molecule has 1 aromatic carbocycles. The maximum atomic E-state index is 15.4. The maximum absolute atomic E-state index is 15.4. The van der Waals surface area contributed by atoms with Gasteiger partial charge in [0.25, 0.3) is 0 Å². The van der Waals surface area contributed by atoms with Crippen molar-refractivity contribution in [3.8, 4) is 0 Å². The lowest BCUT2D eigenvalue weighted by Crippen LogP contribution is -2.52. The van der Waals surface area contributed by atoms with Crippen LogP contribution in [0.5, 0.6) is 0 Å². The molecule has 1 aromatic heterocycles. The van der Waals surface area contributed by atoms with Crippen LogP contribution >= 0.6 is 0 Å². The van der Waals surface area contributed by atoms with Gasteiger partial charge in [0.1, 0.15) is 17.3 Å². The number of nitrogens with zero attached hydrogens (tertiary/aromatic N) is 3. The summed E-state index contributed by atoms with van der Waals surface area (Å²) in [5, 5.41) is 3.73. The van der Waals surface area contributed by atoms with E-state index in [-0.39, 0.29) is 18.2 Å². The Hall–Kier alpha value is -2.74. The molecule has 3 nitrogen and oxygen atoms in total. The molecular formula is C27H30F5N3. The molecule has 2 aliphatic rings. The van der Waals surface area contributed by atoms with Crippen LogP contribution in [0, 0.1) is 17.0 Å².